The van der Waals surface area contributed by atoms with Crippen LogP contribution in [0.25, 0.3) is 0 Å². The van der Waals surface area contributed by atoms with E-state index in [1.165, 1.54) is 0 Å². The summed E-state index contributed by atoms with van der Waals surface area (Å²) >= 11 is 5.95. The van der Waals surface area contributed by atoms with Gasteiger partial charge in [-0.05, 0) is 36.8 Å². The van der Waals surface area contributed by atoms with Gasteiger partial charge in [0.05, 0.1) is 6.10 Å². The smallest absolute Gasteiger partial charge is 0.255 e. The van der Waals surface area contributed by atoms with Crippen LogP contribution < -0.4 is 5.32 Å². The van der Waals surface area contributed by atoms with E-state index in [1.54, 1.807) is 42.5 Å². The number of amides is 1. The van der Waals surface area contributed by atoms with Crippen molar-refractivity contribution in [2.75, 3.05) is 5.32 Å². The van der Waals surface area contributed by atoms with Gasteiger partial charge in [-0.3, -0.25) is 4.79 Å². The van der Waals surface area contributed by atoms with Crippen LogP contribution >= 0.6 is 11.6 Å². The van der Waals surface area contributed by atoms with Gasteiger partial charge < -0.3 is 10.4 Å². The van der Waals surface area contributed by atoms with E-state index >= 15 is 0 Å². The third-order valence-electron chi connectivity index (χ3n) is 3.04. The molecule has 3 nitrogen and oxygen atoms in total. The molecule has 0 aliphatic carbocycles. The van der Waals surface area contributed by atoms with Crippen molar-refractivity contribution in [2.45, 2.75) is 19.4 Å². The van der Waals surface area contributed by atoms with E-state index in [9.17, 15) is 9.90 Å². The molecule has 0 aromatic heterocycles. The second kappa shape index (κ2) is 6.55. The van der Waals surface area contributed by atoms with E-state index in [0.29, 0.717) is 28.3 Å². The number of anilines is 1. The molecule has 2 N–H and O–H groups in total. The Balaban J connectivity index is 2.27. The van der Waals surface area contributed by atoms with Crippen molar-refractivity contribution in [3.05, 3.63) is 64.7 Å². The summed E-state index contributed by atoms with van der Waals surface area (Å²) in [6.07, 6.45) is -0.103. The van der Waals surface area contributed by atoms with Crippen molar-refractivity contribution >= 4 is 23.2 Å². The van der Waals surface area contributed by atoms with E-state index in [-0.39, 0.29) is 5.91 Å². The average Bonchev–Trinajstić information content (AvgIpc) is 2.49. The highest BCUT2D eigenvalue weighted by Gasteiger charge is 2.14. The van der Waals surface area contributed by atoms with Crippen LogP contribution in [0.2, 0.25) is 5.02 Å². The summed E-state index contributed by atoms with van der Waals surface area (Å²) in [4.78, 5) is 12.1. The number of rotatable bonds is 4. The molecule has 0 fully saturated rings. The fourth-order valence-electron chi connectivity index (χ4n) is 1.93. The van der Waals surface area contributed by atoms with E-state index in [2.05, 4.69) is 5.32 Å². The Morgan fingerprint density at radius 2 is 1.95 bits per heavy atom. The second-order valence-electron chi connectivity index (χ2n) is 4.48. The third-order valence-corrected chi connectivity index (χ3v) is 3.28. The molecule has 0 saturated heterocycles. The fourth-order valence-corrected chi connectivity index (χ4v) is 2.11. The van der Waals surface area contributed by atoms with Crippen molar-refractivity contribution in [1.82, 2.24) is 0 Å². The molecule has 104 valence electrons. The minimum atomic E-state index is -0.653. The van der Waals surface area contributed by atoms with E-state index in [4.69, 9.17) is 11.6 Å². The molecule has 2 aromatic rings. The van der Waals surface area contributed by atoms with Crippen LogP contribution in [0, 0.1) is 0 Å². The second-order valence-corrected chi connectivity index (χ2v) is 4.91. The maximum atomic E-state index is 12.1. The lowest BCUT2D eigenvalue weighted by molar-refractivity contribution is 0.102. The zero-order chi connectivity index (χ0) is 14.5. The summed E-state index contributed by atoms with van der Waals surface area (Å²) in [6, 6.07) is 14.0. The molecule has 0 radical (unpaired) electrons. The van der Waals surface area contributed by atoms with Crippen molar-refractivity contribution in [2.24, 2.45) is 0 Å². The van der Waals surface area contributed by atoms with Gasteiger partial charge in [0, 0.05) is 21.8 Å². The number of carbonyl (C=O) groups excluding carboxylic acids is 1. The Hall–Kier alpha value is -1.84. The van der Waals surface area contributed by atoms with E-state index in [0.717, 1.165) is 0 Å². The molecule has 0 unspecified atom stereocenters. The standard InChI is InChI=1S/C16H16ClNO2/c1-2-15(19)13-10-12(17)8-9-14(13)18-16(20)11-6-4-3-5-7-11/h3-10,15,19H,2H2,1H3,(H,18,20)/t15-/m1/s1. The molecule has 20 heavy (non-hydrogen) atoms. The predicted octanol–water partition coefficient (Wildman–Crippen LogP) is 4.04. The Morgan fingerprint density at radius 3 is 2.60 bits per heavy atom. The van der Waals surface area contributed by atoms with E-state index in [1.807, 2.05) is 13.0 Å². The molecule has 0 spiro atoms. The zero-order valence-corrected chi connectivity index (χ0v) is 11.9. The van der Waals surface area contributed by atoms with Gasteiger partial charge in [-0.2, -0.15) is 0 Å². The normalized spacial score (nSPS) is 11.9. The molecule has 4 heteroatoms. The number of hydrogen-bond donors (Lipinski definition) is 2. The molecular formula is C16H16ClNO2. The van der Waals surface area contributed by atoms with Crippen molar-refractivity contribution < 1.29 is 9.90 Å². The first kappa shape index (κ1) is 14.6. The predicted molar refractivity (Wildman–Crippen MR) is 81.1 cm³/mol. The summed E-state index contributed by atoms with van der Waals surface area (Å²) in [5.41, 5.74) is 1.78. The summed E-state index contributed by atoms with van der Waals surface area (Å²) in [6.45, 7) is 1.87. The molecule has 0 aliphatic heterocycles. The number of hydrogen-bond acceptors (Lipinski definition) is 2. The van der Waals surface area contributed by atoms with Gasteiger partial charge in [0.1, 0.15) is 0 Å². The average molecular weight is 290 g/mol. The van der Waals surface area contributed by atoms with Crippen molar-refractivity contribution in [3.63, 3.8) is 0 Å². The summed E-state index contributed by atoms with van der Waals surface area (Å²) in [7, 11) is 0. The van der Waals surface area contributed by atoms with Crippen LogP contribution in [-0.2, 0) is 0 Å². The van der Waals surface area contributed by atoms with Crippen LogP contribution in [0.15, 0.2) is 48.5 Å². The number of halogens is 1. The first-order valence-electron chi connectivity index (χ1n) is 6.45. The number of aliphatic hydroxyl groups excluding tert-OH is 1. The largest absolute Gasteiger partial charge is 0.388 e. The lowest BCUT2D eigenvalue weighted by Crippen LogP contribution is -2.14. The highest BCUT2D eigenvalue weighted by molar-refractivity contribution is 6.30. The third kappa shape index (κ3) is 3.38. The molecule has 0 heterocycles. The molecule has 1 atom stereocenters. The summed E-state index contributed by atoms with van der Waals surface area (Å²) in [5.74, 6) is -0.211. The summed E-state index contributed by atoms with van der Waals surface area (Å²) < 4.78 is 0. The molecular weight excluding hydrogens is 274 g/mol. The zero-order valence-electron chi connectivity index (χ0n) is 11.1. The minimum absolute atomic E-state index is 0.211. The lowest BCUT2D eigenvalue weighted by atomic mass is 10.0. The maximum Gasteiger partial charge on any atom is 0.255 e. The lowest BCUT2D eigenvalue weighted by Gasteiger charge is -2.15. The molecule has 0 bridgehead atoms. The Morgan fingerprint density at radius 1 is 1.25 bits per heavy atom. The molecule has 2 aromatic carbocycles. The molecule has 1 amide bonds. The van der Waals surface area contributed by atoms with Gasteiger partial charge in [0.2, 0.25) is 0 Å². The first-order chi connectivity index (χ1) is 9.61. The van der Waals surface area contributed by atoms with Gasteiger partial charge in [-0.1, -0.05) is 36.7 Å². The quantitative estimate of drug-likeness (QED) is 0.892. The van der Waals surface area contributed by atoms with Crippen LogP contribution in [0.5, 0.6) is 0 Å². The fraction of sp³-hybridized carbons (Fsp3) is 0.188. The first-order valence-corrected chi connectivity index (χ1v) is 6.83. The van der Waals surface area contributed by atoms with Crippen molar-refractivity contribution in [1.29, 1.82) is 0 Å². The van der Waals surface area contributed by atoms with Crippen LogP contribution in [-0.4, -0.2) is 11.0 Å². The highest BCUT2D eigenvalue weighted by atomic mass is 35.5. The van der Waals surface area contributed by atoms with Crippen LogP contribution in [0.3, 0.4) is 0 Å². The molecule has 2 rings (SSSR count). The van der Waals surface area contributed by atoms with Gasteiger partial charge in [-0.15, -0.1) is 0 Å². The Bertz CT molecular complexity index is 599. The minimum Gasteiger partial charge on any atom is -0.388 e. The molecule has 0 aliphatic rings. The summed E-state index contributed by atoms with van der Waals surface area (Å²) in [5, 5.41) is 13.4. The molecule has 0 saturated carbocycles. The number of aliphatic hydroxyl groups is 1. The highest BCUT2D eigenvalue weighted by Crippen LogP contribution is 2.28. The maximum absolute atomic E-state index is 12.1. The van der Waals surface area contributed by atoms with Gasteiger partial charge in [0.15, 0.2) is 0 Å². The topological polar surface area (TPSA) is 49.3 Å². The monoisotopic (exact) mass is 289 g/mol. The van der Waals surface area contributed by atoms with Crippen LogP contribution in [0.4, 0.5) is 5.69 Å². The van der Waals surface area contributed by atoms with Gasteiger partial charge in [-0.25, -0.2) is 0 Å². The Kier molecular flexibility index (Phi) is 4.77. The van der Waals surface area contributed by atoms with Crippen LogP contribution in [0.1, 0.15) is 35.4 Å². The Labute approximate surface area is 123 Å². The SMILES string of the molecule is CC[C@@H](O)c1cc(Cl)ccc1NC(=O)c1ccccc1. The van der Waals surface area contributed by atoms with Gasteiger partial charge in [0.25, 0.3) is 5.91 Å². The van der Waals surface area contributed by atoms with Crippen molar-refractivity contribution in [3.8, 4) is 0 Å². The number of carbonyl (C=O) groups is 1. The van der Waals surface area contributed by atoms with Gasteiger partial charge >= 0.3 is 0 Å². The number of nitrogens with one attached hydrogen (secondary N) is 1. The number of benzene rings is 2. The van der Waals surface area contributed by atoms with E-state index < -0.39 is 6.10 Å².